The van der Waals surface area contributed by atoms with Crippen LogP contribution in [0.15, 0.2) is 39.9 Å². The molecule has 9 heteroatoms. The Kier molecular flexibility index (Phi) is 6.57. The number of fused-ring (bicyclic) bond motifs is 2. The molecule has 1 N–H and O–H groups in total. The van der Waals surface area contributed by atoms with Gasteiger partial charge in [-0.2, -0.15) is 9.97 Å². The number of hydrogen-bond acceptors (Lipinski definition) is 8. The van der Waals surface area contributed by atoms with Crippen molar-refractivity contribution < 1.29 is 9.26 Å². The molecule has 0 aliphatic carbocycles. The van der Waals surface area contributed by atoms with Crippen molar-refractivity contribution in [2.45, 2.75) is 39.7 Å². The van der Waals surface area contributed by atoms with E-state index in [2.05, 4.69) is 42.6 Å². The second-order valence-electron chi connectivity index (χ2n) is 7.25. The number of nitrogens with zero attached hydrogens (tertiary/aromatic N) is 5. The Hall–Kier alpha value is -3.26. The van der Waals surface area contributed by atoms with Gasteiger partial charge >= 0.3 is 6.01 Å². The Morgan fingerprint density at radius 1 is 1.16 bits per heavy atom. The highest BCUT2D eigenvalue weighted by Crippen LogP contribution is 2.23. The molecule has 0 fully saturated rings. The van der Waals surface area contributed by atoms with Gasteiger partial charge in [-0.1, -0.05) is 22.8 Å². The fraction of sp³-hybridized carbons (Fsp3) is 0.318. The van der Waals surface area contributed by atoms with Crippen molar-refractivity contribution in [3.05, 3.63) is 63.8 Å². The highest BCUT2D eigenvalue weighted by Gasteiger charge is 2.12. The predicted molar refractivity (Wildman–Crippen MR) is 119 cm³/mol. The van der Waals surface area contributed by atoms with Crippen molar-refractivity contribution in [3.8, 4) is 6.01 Å². The summed E-state index contributed by atoms with van der Waals surface area (Å²) in [6.45, 7) is 4.61. The zero-order chi connectivity index (χ0) is 21.6. The summed E-state index contributed by atoms with van der Waals surface area (Å²) in [7, 11) is 0. The Bertz CT molecular complexity index is 1130. The smallest absolute Gasteiger partial charge is 0.319 e. The van der Waals surface area contributed by atoms with Crippen molar-refractivity contribution in [2.75, 3.05) is 11.9 Å². The largest absolute Gasteiger partial charge is 0.463 e. The van der Waals surface area contributed by atoms with Crippen molar-refractivity contribution in [1.29, 1.82) is 0 Å². The Balaban J connectivity index is 1.33. The number of halogens is 1. The van der Waals surface area contributed by atoms with Gasteiger partial charge in [0.1, 0.15) is 11.0 Å². The van der Waals surface area contributed by atoms with Crippen LogP contribution < -0.4 is 10.1 Å². The number of aliphatic imine (C=N–C) groups is 1. The van der Waals surface area contributed by atoms with Crippen LogP contribution in [-0.2, 0) is 19.4 Å². The van der Waals surface area contributed by atoms with Gasteiger partial charge in [-0.25, -0.2) is 9.98 Å². The highest BCUT2D eigenvalue weighted by atomic mass is 35.5. The quantitative estimate of drug-likeness (QED) is 0.406. The molecule has 3 aromatic rings. The van der Waals surface area contributed by atoms with Gasteiger partial charge in [0.25, 0.3) is 0 Å². The number of aromatic nitrogens is 4. The molecule has 0 radical (unpaired) electrons. The van der Waals surface area contributed by atoms with Crippen molar-refractivity contribution >= 4 is 29.5 Å². The van der Waals surface area contributed by atoms with E-state index in [1.165, 1.54) is 5.56 Å². The van der Waals surface area contributed by atoms with Crippen LogP contribution in [0, 0.1) is 13.8 Å². The molecule has 0 amide bonds. The molecule has 1 aliphatic rings. The molecule has 4 heterocycles. The lowest BCUT2D eigenvalue weighted by Gasteiger charge is -2.11. The zero-order valence-corrected chi connectivity index (χ0v) is 18.2. The van der Waals surface area contributed by atoms with Gasteiger partial charge in [-0.05, 0) is 56.9 Å². The summed E-state index contributed by atoms with van der Waals surface area (Å²) in [5.41, 5.74) is 3.78. The van der Waals surface area contributed by atoms with E-state index in [0.717, 1.165) is 42.0 Å². The lowest BCUT2D eigenvalue weighted by atomic mass is 10.1. The molecule has 31 heavy (non-hydrogen) atoms. The molecule has 2 bridgehead atoms. The monoisotopic (exact) mass is 438 g/mol. The third-order valence-electron chi connectivity index (χ3n) is 4.69. The van der Waals surface area contributed by atoms with Gasteiger partial charge in [0.15, 0.2) is 11.6 Å². The normalized spacial score (nSPS) is 13.5. The Morgan fingerprint density at radius 2 is 2.06 bits per heavy atom. The summed E-state index contributed by atoms with van der Waals surface area (Å²) in [6.07, 6.45) is 8.22. The summed E-state index contributed by atoms with van der Waals surface area (Å²) in [5.74, 6) is 2.05. The van der Waals surface area contributed by atoms with Gasteiger partial charge in [0.2, 0.25) is 0 Å². The van der Waals surface area contributed by atoms with Crippen molar-refractivity contribution in [3.63, 3.8) is 0 Å². The minimum absolute atomic E-state index is 0.235. The Morgan fingerprint density at radius 3 is 2.90 bits per heavy atom. The van der Waals surface area contributed by atoms with E-state index < -0.39 is 0 Å². The Labute approximate surface area is 185 Å². The van der Waals surface area contributed by atoms with Gasteiger partial charge in [0.05, 0.1) is 18.8 Å². The maximum Gasteiger partial charge on any atom is 0.319 e. The second-order valence-corrected chi connectivity index (χ2v) is 7.60. The summed E-state index contributed by atoms with van der Waals surface area (Å²) in [6, 6.07) is 6.22. The van der Waals surface area contributed by atoms with Crippen LogP contribution in [0.2, 0.25) is 5.15 Å². The topological polar surface area (TPSA) is 98.3 Å². The van der Waals surface area contributed by atoms with E-state index in [9.17, 15) is 0 Å². The van der Waals surface area contributed by atoms with Crippen LogP contribution in [0.3, 0.4) is 0 Å². The molecule has 0 atom stereocenters. The summed E-state index contributed by atoms with van der Waals surface area (Å²) in [4.78, 5) is 17.6. The molecule has 0 unspecified atom stereocenters. The van der Waals surface area contributed by atoms with E-state index in [4.69, 9.17) is 20.9 Å². The molecule has 0 saturated heterocycles. The fourth-order valence-electron chi connectivity index (χ4n) is 3.12. The number of ether oxygens (including phenoxy) is 1. The standard InChI is InChI=1S/C22H23ClN6O2/c1-14-10-18(31-29-14)13-25-21-15(2)20(23)27-22(28-21)30-9-5-7-17-11-16-6-3-4-8-24-19(12-16)26-17/h3-4,8,10-12H,5-7,9,13H2,1-2H3,(H,25,27,28)/b4-3-,24-8?. The van der Waals surface area contributed by atoms with Crippen LogP contribution >= 0.6 is 11.6 Å². The molecule has 3 aromatic heterocycles. The van der Waals surface area contributed by atoms with E-state index in [-0.39, 0.29) is 6.01 Å². The van der Waals surface area contributed by atoms with Crippen LogP contribution in [0.5, 0.6) is 6.01 Å². The zero-order valence-electron chi connectivity index (χ0n) is 17.4. The summed E-state index contributed by atoms with van der Waals surface area (Å²) >= 11 is 6.26. The lowest BCUT2D eigenvalue weighted by molar-refractivity contribution is 0.286. The summed E-state index contributed by atoms with van der Waals surface area (Å²) in [5, 5.41) is 7.42. The van der Waals surface area contributed by atoms with Gasteiger partial charge in [-0.3, -0.25) is 0 Å². The minimum atomic E-state index is 0.235. The first-order chi connectivity index (χ1) is 15.1. The molecule has 1 aliphatic heterocycles. The molecule has 8 nitrogen and oxygen atoms in total. The molecule has 0 saturated carbocycles. The summed E-state index contributed by atoms with van der Waals surface area (Å²) < 4.78 is 11.0. The first-order valence-electron chi connectivity index (χ1n) is 10.1. The maximum atomic E-state index is 6.26. The SMILES string of the molecule is Cc1cc(CNc2nc(OCCCc3cc4cc(n3)N=C/C=C\C4)nc(Cl)c2C)on1. The third-order valence-corrected chi connectivity index (χ3v) is 5.06. The van der Waals surface area contributed by atoms with E-state index in [1.54, 1.807) is 6.21 Å². The molecule has 0 spiro atoms. The first-order valence-corrected chi connectivity index (χ1v) is 10.5. The minimum Gasteiger partial charge on any atom is -0.463 e. The number of anilines is 1. The number of hydrogen-bond donors (Lipinski definition) is 1. The molecule has 0 aromatic carbocycles. The lowest BCUT2D eigenvalue weighted by Crippen LogP contribution is -2.08. The predicted octanol–water partition coefficient (Wildman–Crippen LogP) is 4.57. The molecule has 160 valence electrons. The fourth-order valence-corrected chi connectivity index (χ4v) is 3.29. The molecular weight excluding hydrogens is 416 g/mol. The number of nitrogens with one attached hydrogen (secondary N) is 1. The molecule has 4 rings (SSSR count). The van der Waals surface area contributed by atoms with Crippen LogP contribution in [0.1, 0.15) is 34.7 Å². The first kappa shape index (κ1) is 21.0. The number of pyridine rings is 1. The van der Waals surface area contributed by atoms with E-state index in [1.807, 2.05) is 32.1 Å². The average Bonchev–Trinajstić information content (AvgIpc) is 3.16. The average molecular weight is 439 g/mol. The number of allylic oxidation sites excluding steroid dienone is 2. The highest BCUT2D eigenvalue weighted by molar-refractivity contribution is 6.30. The third kappa shape index (κ3) is 5.67. The van der Waals surface area contributed by atoms with Crippen LogP contribution in [0.25, 0.3) is 0 Å². The van der Waals surface area contributed by atoms with Gasteiger partial charge in [-0.15, -0.1) is 0 Å². The van der Waals surface area contributed by atoms with Crippen LogP contribution in [0.4, 0.5) is 11.6 Å². The second kappa shape index (κ2) is 9.70. The van der Waals surface area contributed by atoms with E-state index >= 15 is 0 Å². The van der Waals surface area contributed by atoms with E-state index in [0.29, 0.717) is 29.9 Å². The van der Waals surface area contributed by atoms with Crippen molar-refractivity contribution in [2.24, 2.45) is 4.99 Å². The number of aryl methyl sites for hydroxylation is 2. The van der Waals surface area contributed by atoms with Crippen LogP contribution in [-0.4, -0.2) is 32.9 Å². The van der Waals surface area contributed by atoms with Gasteiger partial charge in [0, 0.05) is 23.5 Å². The van der Waals surface area contributed by atoms with Crippen molar-refractivity contribution in [1.82, 2.24) is 20.1 Å². The molecular formula is C22H23ClN6O2. The maximum absolute atomic E-state index is 6.26. The van der Waals surface area contributed by atoms with Gasteiger partial charge < -0.3 is 14.6 Å². The number of rotatable bonds is 8.